The van der Waals surface area contributed by atoms with E-state index < -0.39 is 16.1 Å². The highest BCUT2D eigenvalue weighted by atomic mass is 32.2. The smallest absolute Gasteiger partial charge is 0.244 e. The van der Waals surface area contributed by atoms with Crippen LogP contribution in [0, 0.1) is 0 Å². The van der Waals surface area contributed by atoms with E-state index in [2.05, 4.69) is 4.90 Å². The van der Waals surface area contributed by atoms with Crippen LogP contribution in [0.25, 0.3) is 6.08 Å². The number of nitrogens with zero attached hydrogens (tertiary/aromatic N) is 3. The number of carbonyl (C=O) groups is 1. The van der Waals surface area contributed by atoms with Gasteiger partial charge in [-0.2, -0.15) is 4.31 Å². The average Bonchev–Trinajstić information content (AvgIpc) is 2.81. The van der Waals surface area contributed by atoms with Gasteiger partial charge in [-0.05, 0) is 31.1 Å². The number of amides is 1. The maximum absolute atomic E-state index is 13.3. The Morgan fingerprint density at radius 2 is 1.48 bits per heavy atom. The number of likely N-dealkylation sites (N-methyl/N-ethyl adjacent to an activating group) is 1. The number of rotatable bonds is 8. The predicted molar refractivity (Wildman–Crippen MR) is 125 cm³/mol. The summed E-state index contributed by atoms with van der Waals surface area (Å²) in [6, 6.07) is 18.7. The Labute approximate surface area is 185 Å². The second kappa shape index (κ2) is 10.7. The number of benzene rings is 2. The summed E-state index contributed by atoms with van der Waals surface area (Å²) in [5.74, 6) is 0.0662. The van der Waals surface area contributed by atoms with Crippen molar-refractivity contribution in [3.8, 4) is 0 Å². The van der Waals surface area contributed by atoms with Crippen molar-refractivity contribution in [2.24, 2.45) is 0 Å². The van der Waals surface area contributed by atoms with E-state index in [1.54, 1.807) is 6.08 Å². The largest absolute Gasteiger partial charge is 0.342 e. The summed E-state index contributed by atoms with van der Waals surface area (Å²) in [7, 11) is -3.51. The van der Waals surface area contributed by atoms with Gasteiger partial charge in [0.15, 0.2) is 0 Å². The SMILES string of the molecule is CCN(CC)C(=O)C(c1ccccc1)N1CCN(S(=O)(=O)/C=C/c2ccccc2)CC1. The van der Waals surface area contributed by atoms with E-state index in [9.17, 15) is 13.2 Å². The van der Waals surface area contributed by atoms with Gasteiger partial charge in [-0.25, -0.2) is 8.42 Å². The fourth-order valence-electron chi connectivity index (χ4n) is 3.88. The zero-order valence-corrected chi connectivity index (χ0v) is 19.0. The molecule has 2 aromatic rings. The third kappa shape index (κ3) is 5.81. The van der Waals surface area contributed by atoms with Crippen molar-refractivity contribution in [1.82, 2.24) is 14.1 Å². The van der Waals surface area contributed by atoms with Crippen molar-refractivity contribution in [2.45, 2.75) is 19.9 Å². The molecule has 1 heterocycles. The maximum atomic E-state index is 13.3. The summed E-state index contributed by atoms with van der Waals surface area (Å²) in [6.45, 7) is 6.98. The van der Waals surface area contributed by atoms with Crippen molar-refractivity contribution in [3.63, 3.8) is 0 Å². The first-order valence-corrected chi connectivity index (χ1v) is 12.3. The van der Waals surface area contributed by atoms with E-state index in [1.165, 1.54) is 9.71 Å². The van der Waals surface area contributed by atoms with Gasteiger partial charge in [-0.1, -0.05) is 60.7 Å². The van der Waals surface area contributed by atoms with E-state index in [0.29, 0.717) is 39.3 Å². The lowest BCUT2D eigenvalue weighted by molar-refractivity contribution is -0.137. The monoisotopic (exact) mass is 441 g/mol. The van der Waals surface area contributed by atoms with Gasteiger partial charge < -0.3 is 4.90 Å². The fraction of sp³-hybridized carbons (Fsp3) is 0.375. The highest BCUT2D eigenvalue weighted by Crippen LogP contribution is 2.25. The first-order valence-electron chi connectivity index (χ1n) is 10.8. The second-order valence-electron chi connectivity index (χ2n) is 7.52. The van der Waals surface area contributed by atoms with Crippen LogP contribution < -0.4 is 0 Å². The number of piperazine rings is 1. The lowest BCUT2D eigenvalue weighted by Crippen LogP contribution is -2.52. The Bertz CT molecular complexity index is 966. The Morgan fingerprint density at radius 3 is 2.03 bits per heavy atom. The van der Waals surface area contributed by atoms with Gasteiger partial charge in [0.05, 0.1) is 0 Å². The lowest BCUT2D eigenvalue weighted by Gasteiger charge is -2.39. The molecule has 2 aromatic carbocycles. The highest BCUT2D eigenvalue weighted by molar-refractivity contribution is 7.92. The normalized spacial score (nSPS) is 17.0. The molecular formula is C24H31N3O3S. The van der Waals surface area contributed by atoms with E-state index in [0.717, 1.165) is 11.1 Å². The van der Waals surface area contributed by atoms with Crippen LogP contribution in [0.3, 0.4) is 0 Å². The van der Waals surface area contributed by atoms with Crippen LogP contribution in [0.1, 0.15) is 31.0 Å². The minimum Gasteiger partial charge on any atom is -0.342 e. The van der Waals surface area contributed by atoms with Crippen LogP contribution in [0.5, 0.6) is 0 Å². The predicted octanol–water partition coefficient (Wildman–Crippen LogP) is 3.21. The van der Waals surface area contributed by atoms with Crippen molar-refractivity contribution in [3.05, 3.63) is 77.2 Å². The summed E-state index contributed by atoms with van der Waals surface area (Å²) >= 11 is 0. The molecule has 0 N–H and O–H groups in total. The molecule has 0 radical (unpaired) electrons. The van der Waals surface area contributed by atoms with Crippen molar-refractivity contribution in [2.75, 3.05) is 39.3 Å². The minimum atomic E-state index is -3.51. The van der Waals surface area contributed by atoms with Gasteiger partial charge in [-0.15, -0.1) is 0 Å². The maximum Gasteiger partial charge on any atom is 0.244 e. The first-order chi connectivity index (χ1) is 15.0. The molecule has 0 aliphatic carbocycles. The van der Waals surface area contributed by atoms with E-state index in [4.69, 9.17) is 0 Å². The highest BCUT2D eigenvalue weighted by Gasteiger charge is 2.34. The Morgan fingerprint density at radius 1 is 0.935 bits per heavy atom. The van der Waals surface area contributed by atoms with Crippen molar-refractivity contribution >= 4 is 22.0 Å². The van der Waals surface area contributed by atoms with Crippen LogP contribution in [-0.2, 0) is 14.8 Å². The van der Waals surface area contributed by atoms with Crippen LogP contribution in [-0.4, -0.2) is 67.7 Å². The van der Waals surface area contributed by atoms with Gasteiger partial charge in [0.1, 0.15) is 6.04 Å². The van der Waals surface area contributed by atoms with Gasteiger partial charge >= 0.3 is 0 Å². The zero-order valence-electron chi connectivity index (χ0n) is 18.2. The average molecular weight is 442 g/mol. The molecule has 1 saturated heterocycles. The summed E-state index contributed by atoms with van der Waals surface area (Å²) in [5.41, 5.74) is 1.79. The molecule has 6 nitrogen and oxygen atoms in total. The van der Waals surface area contributed by atoms with Crippen molar-refractivity contribution < 1.29 is 13.2 Å². The number of hydrogen-bond donors (Lipinski definition) is 0. The van der Waals surface area contributed by atoms with Gasteiger partial charge in [0.25, 0.3) is 0 Å². The number of hydrogen-bond acceptors (Lipinski definition) is 4. The van der Waals surface area contributed by atoms with E-state index >= 15 is 0 Å². The molecule has 1 atom stereocenters. The summed E-state index contributed by atoms with van der Waals surface area (Å²) in [6.07, 6.45) is 1.62. The molecule has 1 fully saturated rings. The molecule has 1 amide bonds. The molecular weight excluding hydrogens is 410 g/mol. The number of carbonyl (C=O) groups excluding carboxylic acids is 1. The zero-order chi connectivity index (χ0) is 22.3. The second-order valence-corrected chi connectivity index (χ2v) is 9.34. The van der Waals surface area contributed by atoms with Crippen molar-refractivity contribution in [1.29, 1.82) is 0 Å². The topological polar surface area (TPSA) is 60.9 Å². The molecule has 7 heteroatoms. The molecule has 0 aromatic heterocycles. The van der Waals surface area contributed by atoms with Crippen LogP contribution in [0.15, 0.2) is 66.1 Å². The molecule has 3 rings (SSSR count). The lowest BCUT2D eigenvalue weighted by atomic mass is 10.0. The van der Waals surface area contributed by atoms with Crippen LogP contribution in [0.4, 0.5) is 0 Å². The molecule has 31 heavy (non-hydrogen) atoms. The van der Waals surface area contributed by atoms with Crippen LogP contribution >= 0.6 is 0 Å². The molecule has 1 aliphatic heterocycles. The molecule has 166 valence electrons. The van der Waals surface area contributed by atoms with Gasteiger partial charge in [0.2, 0.25) is 15.9 Å². The summed E-state index contributed by atoms with van der Waals surface area (Å²) in [4.78, 5) is 17.2. The quantitative estimate of drug-likeness (QED) is 0.631. The van der Waals surface area contributed by atoms with E-state index in [1.807, 2.05) is 79.4 Å². The first kappa shape index (κ1) is 23.2. The Balaban J connectivity index is 1.73. The summed E-state index contributed by atoms with van der Waals surface area (Å²) < 4.78 is 27.1. The Kier molecular flexibility index (Phi) is 8.01. The van der Waals surface area contributed by atoms with Crippen LogP contribution in [0.2, 0.25) is 0 Å². The fourth-order valence-corrected chi connectivity index (χ4v) is 5.06. The summed E-state index contributed by atoms with van der Waals surface area (Å²) in [5, 5.41) is 1.27. The Hall–Kier alpha value is -2.48. The molecule has 1 unspecified atom stereocenters. The number of sulfonamides is 1. The molecule has 0 bridgehead atoms. The third-order valence-corrected chi connectivity index (χ3v) is 7.22. The van der Waals surface area contributed by atoms with E-state index in [-0.39, 0.29) is 5.91 Å². The molecule has 1 aliphatic rings. The molecule has 0 saturated carbocycles. The minimum absolute atomic E-state index is 0.0662. The van der Waals surface area contributed by atoms with Gasteiger partial charge in [0, 0.05) is 44.7 Å². The third-order valence-electron chi connectivity index (χ3n) is 5.65. The van der Waals surface area contributed by atoms with Gasteiger partial charge in [-0.3, -0.25) is 9.69 Å². The molecule has 0 spiro atoms. The standard InChI is InChI=1S/C24H31N3O3S/c1-3-25(4-2)24(28)23(22-13-9-6-10-14-22)26-16-18-27(19-17-26)31(29,30)20-15-21-11-7-5-8-12-21/h5-15,20,23H,3-4,16-19H2,1-2H3/b20-15+.